The molecule has 112 valence electrons. The number of hydrogen-bond donors (Lipinski definition) is 1. The average Bonchev–Trinajstić information content (AvgIpc) is 2.76. The molecule has 0 bridgehead atoms. The van der Waals surface area contributed by atoms with Gasteiger partial charge in [0.05, 0.1) is 0 Å². The van der Waals surface area contributed by atoms with Crippen molar-refractivity contribution in [3.05, 3.63) is 0 Å². The van der Waals surface area contributed by atoms with Crippen LogP contribution in [0.4, 0.5) is 0 Å². The second-order valence-electron chi connectivity index (χ2n) is 6.75. The summed E-state index contributed by atoms with van der Waals surface area (Å²) in [7, 11) is 6.59. The molecule has 0 spiro atoms. The van der Waals surface area contributed by atoms with Gasteiger partial charge in [0.25, 0.3) is 0 Å². The fraction of sp³-hybridized carbons (Fsp3) is 1.00. The number of nitrogens with one attached hydrogen (secondary N) is 1. The van der Waals surface area contributed by atoms with Crippen LogP contribution in [0.3, 0.4) is 0 Å². The minimum atomic E-state index is 0.711. The van der Waals surface area contributed by atoms with Gasteiger partial charge >= 0.3 is 0 Å². The number of likely N-dealkylation sites (tertiary alicyclic amines) is 1. The number of rotatable bonds is 4. The van der Waals surface area contributed by atoms with Gasteiger partial charge in [-0.2, -0.15) is 0 Å². The van der Waals surface area contributed by atoms with Crippen molar-refractivity contribution in [2.24, 2.45) is 0 Å². The molecule has 0 aromatic heterocycles. The van der Waals surface area contributed by atoms with Gasteiger partial charge in [0.1, 0.15) is 0 Å². The van der Waals surface area contributed by atoms with Crippen LogP contribution in [0.2, 0.25) is 0 Å². The molecular weight excluding hydrogens is 234 g/mol. The van der Waals surface area contributed by atoms with Gasteiger partial charge in [-0.15, -0.1) is 0 Å². The van der Waals surface area contributed by atoms with E-state index in [0.29, 0.717) is 6.04 Å². The van der Waals surface area contributed by atoms with Crippen molar-refractivity contribution in [1.29, 1.82) is 0 Å². The van der Waals surface area contributed by atoms with E-state index in [2.05, 4.69) is 36.3 Å². The standard InChI is InChI=1S/C16H33N3/c1-17-15-10-6-4-5-7-11-16(15)19-12-8-9-14(19)13-18(2)3/h14-17H,4-13H2,1-3H3. The van der Waals surface area contributed by atoms with Gasteiger partial charge in [-0.05, 0) is 53.4 Å². The molecule has 3 unspecified atom stereocenters. The molecule has 1 N–H and O–H groups in total. The van der Waals surface area contributed by atoms with Crippen molar-refractivity contribution < 1.29 is 0 Å². The lowest BCUT2D eigenvalue weighted by atomic mass is 9.90. The Morgan fingerprint density at radius 1 is 1.00 bits per heavy atom. The normalized spacial score (nSPS) is 34.4. The number of hydrogen-bond acceptors (Lipinski definition) is 3. The van der Waals surface area contributed by atoms with E-state index in [1.807, 2.05) is 0 Å². The third-order valence-corrected chi connectivity index (χ3v) is 5.02. The lowest BCUT2D eigenvalue weighted by Gasteiger charge is -2.40. The van der Waals surface area contributed by atoms with E-state index < -0.39 is 0 Å². The summed E-state index contributed by atoms with van der Waals surface area (Å²) >= 11 is 0. The topological polar surface area (TPSA) is 18.5 Å². The number of nitrogens with zero attached hydrogens (tertiary/aromatic N) is 2. The van der Waals surface area contributed by atoms with Crippen LogP contribution in [0.1, 0.15) is 51.4 Å². The Kier molecular flexibility index (Phi) is 6.11. The summed E-state index contributed by atoms with van der Waals surface area (Å²) in [5.41, 5.74) is 0. The Morgan fingerprint density at radius 3 is 2.42 bits per heavy atom. The molecule has 2 aliphatic rings. The molecule has 3 atom stereocenters. The maximum atomic E-state index is 3.62. The van der Waals surface area contributed by atoms with E-state index in [0.717, 1.165) is 12.1 Å². The highest BCUT2D eigenvalue weighted by atomic mass is 15.3. The summed E-state index contributed by atoms with van der Waals surface area (Å²) in [4.78, 5) is 5.20. The van der Waals surface area contributed by atoms with Gasteiger partial charge in [0.15, 0.2) is 0 Å². The molecule has 1 heterocycles. The first-order valence-electron chi connectivity index (χ1n) is 8.30. The lowest BCUT2D eigenvalue weighted by Crippen LogP contribution is -2.53. The van der Waals surface area contributed by atoms with E-state index in [1.54, 1.807) is 0 Å². The molecule has 1 saturated heterocycles. The van der Waals surface area contributed by atoms with Crippen molar-refractivity contribution >= 4 is 0 Å². The Balaban J connectivity index is 2.01. The summed E-state index contributed by atoms with van der Waals surface area (Å²) in [6, 6.07) is 2.27. The first-order valence-corrected chi connectivity index (χ1v) is 8.30. The van der Waals surface area contributed by atoms with Crippen molar-refractivity contribution in [2.45, 2.75) is 69.5 Å². The molecule has 3 heteroatoms. The minimum absolute atomic E-state index is 0.711. The van der Waals surface area contributed by atoms with Crippen LogP contribution in [0.15, 0.2) is 0 Å². The molecule has 1 saturated carbocycles. The van der Waals surface area contributed by atoms with Crippen molar-refractivity contribution in [1.82, 2.24) is 15.1 Å². The average molecular weight is 267 g/mol. The summed E-state index contributed by atoms with van der Waals surface area (Å²) in [5, 5.41) is 3.62. The SMILES string of the molecule is CNC1CCCCCCC1N1CCCC1CN(C)C. The molecule has 0 amide bonds. The summed E-state index contributed by atoms with van der Waals surface area (Å²) in [6.07, 6.45) is 11.3. The minimum Gasteiger partial charge on any atom is -0.315 e. The van der Waals surface area contributed by atoms with Gasteiger partial charge in [0, 0.05) is 24.7 Å². The predicted molar refractivity (Wildman–Crippen MR) is 82.6 cm³/mol. The summed E-state index contributed by atoms with van der Waals surface area (Å²) < 4.78 is 0. The molecular formula is C16H33N3. The zero-order valence-electron chi connectivity index (χ0n) is 13.2. The van der Waals surface area contributed by atoms with E-state index in [4.69, 9.17) is 0 Å². The summed E-state index contributed by atoms with van der Waals surface area (Å²) in [6.45, 7) is 2.55. The molecule has 19 heavy (non-hydrogen) atoms. The van der Waals surface area contributed by atoms with Crippen LogP contribution in [-0.4, -0.2) is 62.2 Å². The highest BCUT2D eigenvalue weighted by Gasteiger charge is 2.34. The quantitative estimate of drug-likeness (QED) is 0.843. The highest BCUT2D eigenvalue weighted by molar-refractivity contribution is 4.92. The van der Waals surface area contributed by atoms with Crippen LogP contribution in [0, 0.1) is 0 Å². The van der Waals surface area contributed by atoms with Crippen molar-refractivity contribution in [3.8, 4) is 0 Å². The first-order chi connectivity index (χ1) is 9.22. The molecule has 1 aliphatic carbocycles. The zero-order chi connectivity index (χ0) is 13.7. The lowest BCUT2D eigenvalue weighted by molar-refractivity contribution is 0.108. The molecule has 3 nitrogen and oxygen atoms in total. The highest BCUT2D eigenvalue weighted by Crippen LogP contribution is 2.28. The van der Waals surface area contributed by atoms with Gasteiger partial charge in [0.2, 0.25) is 0 Å². The van der Waals surface area contributed by atoms with Gasteiger partial charge < -0.3 is 10.2 Å². The maximum absolute atomic E-state index is 3.62. The molecule has 1 aliphatic heterocycles. The van der Waals surface area contributed by atoms with E-state index in [1.165, 1.54) is 64.5 Å². The first kappa shape index (κ1) is 15.3. The molecule has 0 aromatic carbocycles. The Bertz CT molecular complexity index is 254. The third kappa shape index (κ3) is 4.17. The maximum Gasteiger partial charge on any atom is 0.0252 e. The second kappa shape index (κ2) is 7.61. The molecule has 2 fully saturated rings. The van der Waals surface area contributed by atoms with E-state index in [9.17, 15) is 0 Å². The molecule has 0 aromatic rings. The fourth-order valence-corrected chi connectivity index (χ4v) is 4.11. The number of likely N-dealkylation sites (N-methyl/N-ethyl adjacent to an activating group) is 2. The van der Waals surface area contributed by atoms with Crippen LogP contribution < -0.4 is 5.32 Å². The Morgan fingerprint density at radius 2 is 1.74 bits per heavy atom. The Labute approximate surface area is 119 Å². The largest absolute Gasteiger partial charge is 0.315 e. The molecule has 0 radical (unpaired) electrons. The predicted octanol–water partition coefficient (Wildman–Crippen LogP) is 2.32. The fourth-order valence-electron chi connectivity index (χ4n) is 4.11. The third-order valence-electron chi connectivity index (χ3n) is 5.02. The summed E-state index contributed by atoms with van der Waals surface area (Å²) in [5.74, 6) is 0. The molecule has 2 rings (SSSR count). The van der Waals surface area contributed by atoms with Gasteiger partial charge in [-0.3, -0.25) is 4.90 Å². The second-order valence-corrected chi connectivity index (χ2v) is 6.75. The van der Waals surface area contributed by atoms with E-state index >= 15 is 0 Å². The van der Waals surface area contributed by atoms with Crippen LogP contribution in [0.5, 0.6) is 0 Å². The van der Waals surface area contributed by atoms with Crippen molar-refractivity contribution in [2.75, 3.05) is 34.2 Å². The van der Waals surface area contributed by atoms with Crippen LogP contribution >= 0.6 is 0 Å². The van der Waals surface area contributed by atoms with Gasteiger partial charge in [-0.1, -0.05) is 25.7 Å². The van der Waals surface area contributed by atoms with E-state index in [-0.39, 0.29) is 0 Å². The van der Waals surface area contributed by atoms with Gasteiger partial charge in [-0.25, -0.2) is 0 Å². The Hall–Kier alpha value is -0.120. The zero-order valence-corrected chi connectivity index (χ0v) is 13.2. The monoisotopic (exact) mass is 267 g/mol. The van der Waals surface area contributed by atoms with Crippen molar-refractivity contribution in [3.63, 3.8) is 0 Å². The smallest absolute Gasteiger partial charge is 0.0252 e. The van der Waals surface area contributed by atoms with Crippen LogP contribution in [0.25, 0.3) is 0 Å². The van der Waals surface area contributed by atoms with Crippen LogP contribution in [-0.2, 0) is 0 Å².